The van der Waals surface area contributed by atoms with E-state index in [4.69, 9.17) is 14.3 Å². The molecule has 2 aromatic heterocycles. The SMILES string of the molecule is CC(C)[B]c1nc2ccc3ccc4c(-c5ccccc5)nn5c4c3c2n1S51Oc2ccccc2N1c1ccccc1. The Morgan fingerprint density at radius 3 is 2.32 bits per heavy atom. The predicted molar refractivity (Wildman–Crippen MR) is 170 cm³/mol. The van der Waals surface area contributed by atoms with Crippen LogP contribution in [0.5, 0.6) is 5.75 Å². The van der Waals surface area contributed by atoms with E-state index in [2.05, 4.69) is 131 Å². The summed E-state index contributed by atoms with van der Waals surface area (Å²) in [6.45, 7) is 4.39. The van der Waals surface area contributed by atoms with Crippen LogP contribution in [0.1, 0.15) is 13.8 Å². The molecule has 1 unspecified atom stereocenters. The number of nitrogens with zero attached hydrogens (tertiary/aromatic N) is 5. The molecule has 4 heterocycles. The van der Waals surface area contributed by atoms with Crippen molar-refractivity contribution in [2.24, 2.45) is 0 Å². The van der Waals surface area contributed by atoms with Crippen LogP contribution in [0.2, 0.25) is 5.82 Å². The van der Waals surface area contributed by atoms with Crippen molar-refractivity contribution >= 4 is 68.0 Å². The molecule has 0 bridgehead atoms. The van der Waals surface area contributed by atoms with Crippen molar-refractivity contribution in [3.63, 3.8) is 0 Å². The molecule has 0 saturated heterocycles. The Hall–Kier alpha value is -4.69. The normalized spacial score (nSPS) is 18.6. The third-order valence-electron chi connectivity index (χ3n) is 7.90. The Balaban J connectivity index is 1.50. The molecule has 0 amide bonds. The first-order chi connectivity index (χ1) is 20.1. The van der Waals surface area contributed by atoms with Crippen LogP contribution in [0.15, 0.2) is 109 Å². The van der Waals surface area contributed by atoms with Gasteiger partial charge in [0, 0.05) is 16.3 Å². The van der Waals surface area contributed by atoms with E-state index in [9.17, 15) is 0 Å². The third-order valence-corrected chi connectivity index (χ3v) is 10.7. The van der Waals surface area contributed by atoms with Crippen LogP contribution < -0.4 is 14.2 Å². The maximum atomic E-state index is 7.31. The molecule has 9 rings (SSSR count). The van der Waals surface area contributed by atoms with Crippen molar-refractivity contribution < 1.29 is 4.18 Å². The van der Waals surface area contributed by atoms with E-state index in [-0.39, 0.29) is 0 Å². The average molecular weight is 550 g/mol. The van der Waals surface area contributed by atoms with Crippen LogP contribution in [-0.2, 0) is 0 Å². The summed E-state index contributed by atoms with van der Waals surface area (Å²) in [6, 6.07) is 38.1. The standard InChI is InChI=1S/C33H25BN5OS/c1-21(2)34-33-35-26-20-18-22-17-19-25-30(23-11-5-3-6-12-23)36-39-31(25)29(22)32(26)38(33)41(39)37(24-13-7-4-8-14-24)27-15-9-10-16-28(27)40-41/h3-21H,1-2H3. The zero-order valence-electron chi connectivity index (χ0n) is 22.6. The van der Waals surface area contributed by atoms with E-state index in [1.807, 2.05) is 12.1 Å². The van der Waals surface area contributed by atoms with E-state index >= 15 is 0 Å². The highest BCUT2D eigenvalue weighted by Gasteiger charge is 2.52. The lowest BCUT2D eigenvalue weighted by atomic mass is 9.66. The molecule has 2 aliphatic rings. The van der Waals surface area contributed by atoms with Crippen molar-refractivity contribution in [3.8, 4) is 17.0 Å². The van der Waals surface area contributed by atoms with Crippen molar-refractivity contribution in [2.45, 2.75) is 19.7 Å². The van der Waals surface area contributed by atoms with Gasteiger partial charge in [-0.2, -0.15) is 9.19 Å². The van der Waals surface area contributed by atoms with Crippen molar-refractivity contribution in [1.82, 2.24) is 18.1 Å². The van der Waals surface area contributed by atoms with Crippen LogP contribution in [0.3, 0.4) is 0 Å². The zero-order chi connectivity index (χ0) is 27.3. The highest BCUT2D eigenvalue weighted by Crippen LogP contribution is 2.69. The Bertz CT molecular complexity index is 2160. The predicted octanol–water partition coefficient (Wildman–Crippen LogP) is 7.77. The van der Waals surface area contributed by atoms with Gasteiger partial charge in [-0.25, -0.2) is 13.3 Å². The largest absolute Gasteiger partial charge is 0.393 e. The molecule has 0 fully saturated rings. The smallest absolute Gasteiger partial charge is 0.206 e. The number of aromatic nitrogens is 4. The molecule has 5 aromatic carbocycles. The average Bonchev–Trinajstić information content (AvgIpc) is 3.67. The summed E-state index contributed by atoms with van der Waals surface area (Å²) in [5, 5.41) is 8.92. The fourth-order valence-corrected chi connectivity index (χ4v) is 9.55. The molecular formula is C33H25BN5OS. The first-order valence-electron chi connectivity index (χ1n) is 13.9. The number of hydrogen-bond acceptors (Lipinski definition) is 4. The second kappa shape index (κ2) is 8.18. The van der Waals surface area contributed by atoms with Crippen LogP contribution in [0, 0.1) is 0 Å². The van der Waals surface area contributed by atoms with Gasteiger partial charge in [-0.15, -0.1) is 0 Å². The second-order valence-electron chi connectivity index (χ2n) is 10.9. The molecule has 2 aliphatic heterocycles. The van der Waals surface area contributed by atoms with E-state index in [1.54, 1.807) is 0 Å². The fourth-order valence-electron chi connectivity index (χ4n) is 6.29. The lowest BCUT2D eigenvalue weighted by Gasteiger charge is -2.45. The van der Waals surface area contributed by atoms with E-state index in [0.29, 0.717) is 5.82 Å². The molecule has 41 heavy (non-hydrogen) atoms. The fraction of sp³-hybridized carbons (Fsp3) is 0.0909. The number of hydrogen-bond donors (Lipinski definition) is 0. The summed E-state index contributed by atoms with van der Waals surface area (Å²) in [7, 11) is -0.299. The van der Waals surface area contributed by atoms with Crippen LogP contribution in [-0.4, -0.2) is 25.4 Å². The van der Waals surface area contributed by atoms with Gasteiger partial charge in [0.1, 0.15) is 11.4 Å². The Kier molecular flexibility index (Phi) is 4.60. The summed E-state index contributed by atoms with van der Waals surface area (Å²) in [6.07, 6.45) is 0. The monoisotopic (exact) mass is 550 g/mol. The zero-order valence-corrected chi connectivity index (χ0v) is 23.4. The van der Waals surface area contributed by atoms with Crippen molar-refractivity contribution in [2.75, 3.05) is 4.31 Å². The number of anilines is 2. The number of imidazole rings is 1. The third kappa shape index (κ3) is 2.95. The highest BCUT2D eigenvalue weighted by molar-refractivity contribution is 8.29. The summed E-state index contributed by atoms with van der Waals surface area (Å²) in [4.78, 5) is 5.23. The van der Waals surface area contributed by atoms with E-state index in [1.165, 1.54) is 5.39 Å². The van der Waals surface area contributed by atoms with Gasteiger partial charge in [-0.05, 0) is 41.8 Å². The minimum Gasteiger partial charge on any atom is -0.393 e. The molecule has 7 aromatic rings. The molecule has 0 saturated carbocycles. The molecule has 197 valence electrons. The van der Waals surface area contributed by atoms with Gasteiger partial charge >= 0.3 is 0 Å². The lowest BCUT2D eigenvalue weighted by molar-refractivity contribution is 0.612. The topological polar surface area (TPSA) is 48.1 Å². The highest BCUT2D eigenvalue weighted by atomic mass is 32.3. The van der Waals surface area contributed by atoms with Gasteiger partial charge in [0.25, 0.3) is 0 Å². The molecule has 6 nitrogen and oxygen atoms in total. The van der Waals surface area contributed by atoms with E-state index in [0.717, 1.165) is 61.4 Å². The molecular weight excluding hydrogens is 525 g/mol. The van der Waals surface area contributed by atoms with Gasteiger partial charge < -0.3 is 4.18 Å². The second-order valence-corrected chi connectivity index (χ2v) is 13.1. The van der Waals surface area contributed by atoms with Crippen molar-refractivity contribution in [1.29, 1.82) is 0 Å². The number of rotatable bonds is 4. The van der Waals surface area contributed by atoms with Crippen LogP contribution >= 0.6 is 10.9 Å². The summed E-state index contributed by atoms with van der Waals surface area (Å²) in [5.74, 6) is 1.12. The number of fused-ring (bicyclic) bond motifs is 3. The molecule has 0 aliphatic carbocycles. The van der Waals surface area contributed by atoms with Gasteiger partial charge in [-0.3, -0.25) is 0 Å². The van der Waals surface area contributed by atoms with Crippen LogP contribution in [0.25, 0.3) is 44.0 Å². The number of para-hydroxylation sites is 3. The Labute approximate surface area is 240 Å². The maximum absolute atomic E-state index is 7.31. The Morgan fingerprint density at radius 1 is 0.780 bits per heavy atom. The van der Waals surface area contributed by atoms with Gasteiger partial charge in [0.05, 0.1) is 28.0 Å². The summed E-state index contributed by atoms with van der Waals surface area (Å²) >= 11 is 0. The molecule has 0 N–H and O–H groups in total. The Morgan fingerprint density at radius 2 is 1.51 bits per heavy atom. The van der Waals surface area contributed by atoms with Gasteiger partial charge in [0.15, 0.2) is 16.6 Å². The molecule has 1 radical (unpaired) electrons. The molecule has 1 spiro atoms. The maximum Gasteiger partial charge on any atom is 0.206 e. The minimum atomic E-state index is -2.54. The minimum absolute atomic E-state index is 0.290. The van der Waals surface area contributed by atoms with Gasteiger partial charge in [0.2, 0.25) is 7.28 Å². The summed E-state index contributed by atoms with van der Waals surface area (Å²) in [5.41, 5.74) is 8.12. The summed E-state index contributed by atoms with van der Waals surface area (Å²) < 4.78 is 14.2. The van der Waals surface area contributed by atoms with Gasteiger partial charge in [-0.1, -0.05) is 92.5 Å². The van der Waals surface area contributed by atoms with Crippen molar-refractivity contribution in [3.05, 3.63) is 109 Å². The quantitative estimate of drug-likeness (QED) is 0.210. The lowest BCUT2D eigenvalue weighted by Crippen LogP contribution is -2.42. The first-order valence-corrected chi connectivity index (χ1v) is 15.3. The molecule has 8 heteroatoms. The van der Waals surface area contributed by atoms with E-state index < -0.39 is 10.9 Å². The first kappa shape index (κ1) is 23.1. The molecule has 1 atom stereocenters. The number of benzene rings is 5. The van der Waals surface area contributed by atoms with Crippen LogP contribution in [0.4, 0.5) is 11.4 Å².